The summed E-state index contributed by atoms with van der Waals surface area (Å²) >= 11 is 0. The summed E-state index contributed by atoms with van der Waals surface area (Å²) in [5.74, 6) is 1.59. The fourth-order valence-electron chi connectivity index (χ4n) is 3.85. The number of carbonyl (C=O) groups is 1. The van der Waals surface area contributed by atoms with Gasteiger partial charge < -0.3 is 24.9 Å². The van der Waals surface area contributed by atoms with Gasteiger partial charge in [0.1, 0.15) is 28.2 Å². The molecule has 0 fully saturated rings. The van der Waals surface area contributed by atoms with Gasteiger partial charge in [-0.3, -0.25) is 4.79 Å². The van der Waals surface area contributed by atoms with E-state index in [0.29, 0.717) is 41.6 Å². The number of aryl methyl sites for hydroxylation is 1. The van der Waals surface area contributed by atoms with Gasteiger partial charge in [-0.15, -0.1) is 0 Å². The lowest BCUT2D eigenvalue weighted by Gasteiger charge is -2.11. The van der Waals surface area contributed by atoms with E-state index >= 15 is 0 Å². The molecule has 1 atom stereocenters. The van der Waals surface area contributed by atoms with Crippen LogP contribution in [0.5, 0.6) is 11.5 Å². The molecule has 4 aromatic rings. The summed E-state index contributed by atoms with van der Waals surface area (Å²) in [6.45, 7) is 4.44. The zero-order chi connectivity index (χ0) is 24.8. The van der Waals surface area contributed by atoms with Crippen LogP contribution >= 0.6 is 0 Å². The Morgan fingerprint density at radius 1 is 0.971 bits per heavy atom. The normalized spacial score (nSPS) is 14.5. The number of hydrogen-bond donors (Lipinski definition) is 3. The van der Waals surface area contributed by atoms with Crippen molar-refractivity contribution in [2.24, 2.45) is 5.92 Å². The highest BCUT2D eigenvalue weighted by molar-refractivity contribution is 5.99. The van der Waals surface area contributed by atoms with Gasteiger partial charge in [0.15, 0.2) is 5.43 Å². The van der Waals surface area contributed by atoms with Gasteiger partial charge in [0.25, 0.3) is 0 Å². The number of anilines is 2. The highest BCUT2D eigenvalue weighted by Crippen LogP contribution is 2.38. The number of urea groups is 1. The van der Waals surface area contributed by atoms with E-state index in [0.717, 1.165) is 17.8 Å². The van der Waals surface area contributed by atoms with E-state index in [1.165, 1.54) is 6.07 Å². The molecule has 3 N–H and O–H groups in total. The first kappa shape index (κ1) is 23.9. The number of fused-ring (bicyclic) bond motifs is 2. The van der Waals surface area contributed by atoms with Crippen molar-refractivity contribution < 1.29 is 19.1 Å². The molecule has 7 nitrogen and oxygen atoms in total. The predicted molar refractivity (Wildman–Crippen MR) is 137 cm³/mol. The number of nitrogens with one attached hydrogen (secondary N) is 2. The minimum atomic E-state index is -0.239. The highest BCUT2D eigenvalue weighted by Gasteiger charge is 2.21. The standard InChI is InChI=1S/C15H16O4.C13H12N2O/c1-8-3-4-10-12(18-7-8)6-13-14(15(10)17)11(16)5-9(2)19-13;16-13(14-11-7-3-1-4-8-11)15-12-9-5-2-6-10-12/h5-6,8,17H,3-4,7H2,1-2H3;1-10H,(H2,14,15,16). The molecule has 7 heteroatoms. The third kappa shape index (κ3) is 6.00. The molecule has 0 saturated carbocycles. The van der Waals surface area contributed by atoms with Gasteiger partial charge in [0, 0.05) is 29.1 Å². The Morgan fingerprint density at radius 2 is 1.57 bits per heavy atom. The number of phenols is 1. The van der Waals surface area contributed by atoms with E-state index < -0.39 is 0 Å². The van der Waals surface area contributed by atoms with Crippen molar-refractivity contribution in [1.82, 2.24) is 0 Å². The van der Waals surface area contributed by atoms with Crippen LogP contribution < -0.4 is 20.8 Å². The van der Waals surface area contributed by atoms with E-state index in [-0.39, 0.29) is 22.6 Å². The van der Waals surface area contributed by atoms with E-state index in [1.807, 2.05) is 60.7 Å². The summed E-state index contributed by atoms with van der Waals surface area (Å²) < 4.78 is 11.2. The van der Waals surface area contributed by atoms with Crippen molar-refractivity contribution in [3.05, 3.63) is 94.3 Å². The van der Waals surface area contributed by atoms with Crippen LogP contribution in [0, 0.1) is 12.8 Å². The lowest BCUT2D eigenvalue weighted by Crippen LogP contribution is -2.19. The minimum Gasteiger partial charge on any atom is -0.507 e. The van der Waals surface area contributed by atoms with Crippen molar-refractivity contribution in [2.75, 3.05) is 17.2 Å². The van der Waals surface area contributed by atoms with E-state index in [1.54, 1.807) is 13.0 Å². The molecule has 2 heterocycles. The SMILES string of the molecule is Cc1cc(=O)c2c(O)c3c(cc2o1)OCC(C)CC3.O=C(Nc1ccccc1)Nc1ccccc1. The molecule has 1 aliphatic heterocycles. The predicted octanol–water partition coefficient (Wildman–Crippen LogP) is 6.10. The molecule has 0 saturated heterocycles. The number of para-hydroxylation sites is 2. The third-order valence-electron chi connectivity index (χ3n) is 5.65. The van der Waals surface area contributed by atoms with Crippen LogP contribution in [0.25, 0.3) is 11.0 Å². The molecule has 0 bridgehead atoms. The van der Waals surface area contributed by atoms with Gasteiger partial charge in [-0.25, -0.2) is 4.79 Å². The number of phenolic OH excluding ortho intramolecular Hbond substituents is 1. The Balaban J connectivity index is 0.000000168. The second-order valence-corrected chi connectivity index (χ2v) is 8.56. The van der Waals surface area contributed by atoms with Crippen LogP contribution in [0.4, 0.5) is 16.2 Å². The highest BCUT2D eigenvalue weighted by atomic mass is 16.5. The Hall–Kier alpha value is -4.26. The number of hydrogen-bond acceptors (Lipinski definition) is 5. The van der Waals surface area contributed by atoms with Gasteiger partial charge in [-0.2, -0.15) is 0 Å². The maximum atomic E-state index is 12.0. The molecule has 1 aromatic heterocycles. The third-order valence-corrected chi connectivity index (χ3v) is 5.65. The fraction of sp³-hybridized carbons (Fsp3) is 0.214. The number of carbonyl (C=O) groups excluding carboxylic acids is 1. The number of ether oxygens (including phenoxy) is 1. The zero-order valence-electron chi connectivity index (χ0n) is 19.7. The van der Waals surface area contributed by atoms with E-state index in [2.05, 4.69) is 17.6 Å². The molecule has 35 heavy (non-hydrogen) atoms. The molecule has 1 aliphatic rings. The van der Waals surface area contributed by atoms with Crippen molar-refractivity contribution in [3.8, 4) is 11.5 Å². The first-order chi connectivity index (χ1) is 16.9. The smallest absolute Gasteiger partial charge is 0.323 e. The molecule has 1 unspecified atom stereocenters. The molecular formula is C28H28N2O5. The first-order valence-electron chi connectivity index (χ1n) is 11.5. The van der Waals surface area contributed by atoms with Crippen molar-refractivity contribution in [1.29, 1.82) is 0 Å². The van der Waals surface area contributed by atoms with Gasteiger partial charge in [-0.05, 0) is 49.9 Å². The number of benzene rings is 3. The quantitative estimate of drug-likeness (QED) is 0.327. The largest absolute Gasteiger partial charge is 0.507 e. The van der Waals surface area contributed by atoms with Gasteiger partial charge in [0.05, 0.1) is 6.61 Å². The Morgan fingerprint density at radius 3 is 2.17 bits per heavy atom. The average molecular weight is 473 g/mol. The van der Waals surface area contributed by atoms with Crippen molar-refractivity contribution >= 4 is 28.4 Å². The Kier molecular flexibility index (Phi) is 7.35. The van der Waals surface area contributed by atoms with E-state index in [9.17, 15) is 14.7 Å². The zero-order valence-corrected chi connectivity index (χ0v) is 19.7. The number of amides is 2. The fourth-order valence-corrected chi connectivity index (χ4v) is 3.85. The van der Waals surface area contributed by atoms with Gasteiger partial charge in [0.2, 0.25) is 0 Å². The summed E-state index contributed by atoms with van der Waals surface area (Å²) in [6, 6.07) is 21.5. The summed E-state index contributed by atoms with van der Waals surface area (Å²) in [7, 11) is 0. The maximum absolute atomic E-state index is 12.0. The summed E-state index contributed by atoms with van der Waals surface area (Å²) in [5.41, 5.74) is 2.44. The van der Waals surface area contributed by atoms with Crippen LogP contribution in [-0.2, 0) is 6.42 Å². The molecule has 3 aromatic carbocycles. The topological polar surface area (TPSA) is 101 Å². The minimum absolute atomic E-state index is 0.00958. The second kappa shape index (κ2) is 10.8. The summed E-state index contributed by atoms with van der Waals surface area (Å²) in [5, 5.41) is 16.1. The van der Waals surface area contributed by atoms with Gasteiger partial charge >= 0.3 is 6.03 Å². The van der Waals surface area contributed by atoms with Crippen LogP contribution in [0.2, 0.25) is 0 Å². The molecule has 0 radical (unpaired) electrons. The Labute approximate surface area is 203 Å². The molecule has 2 amide bonds. The van der Waals surface area contributed by atoms with Crippen LogP contribution in [-0.4, -0.2) is 17.7 Å². The van der Waals surface area contributed by atoms with Gasteiger partial charge in [-0.1, -0.05) is 43.3 Å². The summed E-state index contributed by atoms with van der Waals surface area (Å²) in [6.07, 6.45) is 1.65. The lowest BCUT2D eigenvalue weighted by atomic mass is 10.00. The second-order valence-electron chi connectivity index (χ2n) is 8.56. The molecule has 5 rings (SSSR count). The first-order valence-corrected chi connectivity index (χ1v) is 11.5. The molecular weight excluding hydrogens is 444 g/mol. The maximum Gasteiger partial charge on any atom is 0.323 e. The van der Waals surface area contributed by atoms with E-state index in [4.69, 9.17) is 9.15 Å². The van der Waals surface area contributed by atoms with Crippen LogP contribution in [0.3, 0.4) is 0 Å². The summed E-state index contributed by atoms with van der Waals surface area (Å²) in [4.78, 5) is 23.6. The molecule has 180 valence electrons. The van der Waals surface area contributed by atoms with Crippen LogP contribution in [0.1, 0.15) is 24.7 Å². The average Bonchev–Trinajstić information content (AvgIpc) is 3.02. The number of rotatable bonds is 2. The van der Waals surface area contributed by atoms with Crippen molar-refractivity contribution in [2.45, 2.75) is 26.7 Å². The molecule has 0 spiro atoms. The Bertz CT molecular complexity index is 1320. The number of aromatic hydroxyl groups is 1. The lowest BCUT2D eigenvalue weighted by molar-refractivity contribution is 0.262. The van der Waals surface area contributed by atoms with Crippen molar-refractivity contribution in [3.63, 3.8) is 0 Å². The monoisotopic (exact) mass is 472 g/mol. The van der Waals surface area contributed by atoms with Crippen LogP contribution in [0.15, 0.2) is 82.0 Å². The molecule has 0 aliphatic carbocycles.